The van der Waals surface area contributed by atoms with Crippen molar-refractivity contribution in [3.8, 4) is 0 Å². The lowest BCUT2D eigenvalue weighted by molar-refractivity contribution is 0.0447. The van der Waals surface area contributed by atoms with Crippen LogP contribution >= 0.6 is 0 Å². The molecule has 88 valence electrons. The van der Waals surface area contributed by atoms with Gasteiger partial charge in [-0.15, -0.1) is 0 Å². The molecule has 0 saturated carbocycles. The number of rotatable bonds is 2. The maximum Gasteiger partial charge on any atom is 0.289 e. The maximum atomic E-state index is 12.0. The van der Waals surface area contributed by atoms with Gasteiger partial charge in [-0.25, -0.2) is 0 Å². The first-order chi connectivity index (χ1) is 7.70. The van der Waals surface area contributed by atoms with E-state index in [1.165, 1.54) is 0 Å². The van der Waals surface area contributed by atoms with Gasteiger partial charge in [0, 0.05) is 19.5 Å². The number of hydrogen-bond acceptors (Lipinski definition) is 3. The molecule has 1 aliphatic heterocycles. The van der Waals surface area contributed by atoms with Gasteiger partial charge >= 0.3 is 0 Å². The second-order valence-electron chi connectivity index (χ2n) is 4.17. The highest BCUT2D eigenvalue weighted by Crippen LogP contribution is 2.15. The maximum absolute atomic E-state index is 12.0. The first kappa shape index (κ1) is 11.2. The Bertz CT molecular complexity index is 372. The van der Waals surface area contributed by atoms with E-state index in [0.29, 0.717) is 18.8 Å². The van der Waals surface area contributed by atoms with Crippen LogP contribution in [0.5, 0.6) is 0 Å². The molecule has 16 heavy (non-hydrogen) atoms. The number of hydrogen-bond donors (Lipinski definition) is 1. The Kier molecular flexibility index (Phi) is 3.29. The summed E-state index contributed by atoms with van der Waals surface area (Å²) in [5, 5.41) is 9.50. The number of aryl methyl sites for hydroxylation is 1. The van der Waals surface area contributed by atoms with Crippen molar-refractivity contribution in [3.63, 3.8) is 0 Å². The van der Waals surface area contributed by atoms with E-state index in [2.05, 4.69) is 0 Å². The minimum absolute atomic E-state index is 0.113. The van der Waals surface area contributed by atoms with Gasteiger partial charge in [0.2, 0.25) is 0 Å². The number of aliphatic hydroxyl groups excluding tert-OH is 1. The standard InChI is InChI=1S/C12H17NO3/c1-2-10-5-6-11(16-10)12(15)13-7-3-4-9(14)8-13/h5-6,9,14H,2-4,7-8H2,1H3. The Morgan fingerprint density at radius 3 is 3.06 bits per heavy atom. The van der Waals surface area contributed by atoms with Crippen LogP contribution < -0.4 is 0 Å². The summed E-state index contributed by atoms with van der Waals surface area (Å²) >= 11 is 0. The van der Waals surface area contributed by atoms with Crippen molar-refractivity contribution in [1.82, 2.24) is 4.90 Å². The van der Waals surface area contributed by atoms with E-state index in [1.54, 1.807) is 11.0 Å². The van der Waals surface area contributed by atoms with Crippen LogP contribution in [0.3, 0.4) is 0 Å². The summed E-state index contributed by atoms with van der Waals surface area (Å²) in [6, 6.07) is 3.54. The molecular formula is C12H17NO3. The average molecular weight is 223 g/mol. The van der Waals surface area contributed by atoms with Crippen molar-refractivity contribution in [3.05, 3.63) is 23.7 Å². The van der Waals surface area contributed by atoms with Crippen molar-refractivity contribution in [2.45, 2.75) is 32.3 Å². The van der Waals surface area contributed by atoms with Gasteiger partial charge in [-0.1, -0.05) is 6.92 Å². The summed E-state index contributed by atoms with van der Waals surface area (Å²) in [6.45, 7) is 3.11. The monoisotopic (exact) mass is 223 g/mol. The number of aliphatic hydroxyl groups is 1. The third-order valence-electron chi connectivity index (χ3n) is 2.90. The van der Waals surface area contributed by atoms with Crippen LogP contribution in [0.25, 0.3) is 0 Å². The van der Waals surface area contributed by atoms with E-state index >= 15 is 0 Å². The van der Waals surface area contributed by atoms with Crippen LogP contribution in [0.1, 0.15) is 36.1 Å². The molecule has 1 saturated heterocycles. The van der Waals surface area contributed by atoms with Gasteiger partial charge in [0.25, 0.3) is 5.91 Å². The molecule has 2 rings (SSSR count). The van der Waals surface area contributed by atoms with E-state index in [0.717, 1.165) is 25.0 Å². The molecule has 4 nitrogen and oxygen atoms in total. The normalized spacial score (nSPS) is 21.1. The van der Waals surface area contributed by atoms with Crippen LogP contribution in [-0.4, -0.2) is 35.1 Å². The highest BCUT2D eigenvalue weighted by atomic mass is 16.4. The van der Waals surface area contributed by atoms with E-state index < -0.39 is 6.10 Å². The summed E-state index contributed by atoms with van der Waals surface area (Å²) < 4.78 is 5.41. The number of carbonyl (C=O) groups excluding carboxylic acids is 1. The molecule has 1 aromatic rings. The Morgan fingerprint density at radius 2 is 2.44 bits per heavy atom. The lowest BCUT2D eigenvalue weighted by Gasteiger charge is -2.29. The van der Waals surface area contributed by atoms with Gasteiger partial charge in [-0.3, -0.25) is 4.79 Å². The molecule has 0 radical (unpaired) electrons. The summed E-state index contributed by atoms with van der Waals surface area (Å²) in [7, 11) is 0. The number of likely N-dealkylation sites (tertiary alicyclic amines) is 1. The number of β-amino-alcohol motifs (C(OH)–C–C–N with tert-alkyl or cyclic N) is 1. The molecule has 1 amide bonds. The topological polar surface area (TPSA) is 53.7 Å². The molecule has 4 heteroatoms. The molecule has 1 atom stereocenters. The van der Waals surface area contributed by atoms with Crippen molar-refractivity contribution in [2.75, 3.05) is 13.1 Å². The second kappa shape index (κ2) is 4.70. The predicted octanol–water partition coefficient (Wildman–Crippen LogP) is 1.44. The third-order valence-corrected chi connectivity index (χ3v) is 2.90. The fourth-order valence-electron chi connectivity index (χ4n) is 1.98. The zero-order valence-corrected chi connectivity index (χ0v) is 9.48. The minimum Gasteiger partial charge on any atom is -0.456 e. The Balaban J connectivity index is 2.06. The number of nitrogens with zero attached hydrogens (tertiary/aromatic N) is 1. The average Bonchev–Trinajstić information content (AvgIpc) is 2.76. The quantitative estimate of drug-likeness (QED) is 0.825. The van der Waals surface area contributed by atoms with Gasteiger partial charge in [0.05, 0.1) is 6.10 Å². The molecular weight excluding hydrogens is 206 g/mol. The Morgan fingerprint density at radius 1 is 1.62 bits per heavy atom. The smallest absolute Gasteiger partial charge is 0.289 e. The second-order valence-corrected chi connectivity index (χ2v) is 4.17. The molecule has 2 heterocycles. The first-order valence-corrected chi connectivity index (χ1v) is 5.76. The van der Waals surface area contributed by atoms with Gasteiger partial charge < -0.3 is 14.4 Å². The molecule has 0 spiro atoms. The number of piperidine rings is 1. The van der Waals surface area contributed by atoms with Crippen LogP contribution in [-0.2, 0) is 6.42 Å². The molecule has 0 aromatic carbocycles. The highest BCUT2D eigenvalue weighted by Gasteiger charge is 2.24. The van der Waals surface area contributed by atoms with E-state index in [9.17, 15) is 9.90 Å². The van der Waals surface area contributed by atoms with Crippen LogP contribution in [0.2, 0.25) is 0 Å². The molecule has 0 bridgehead atoms. The molecule has 1 aromatic heterocycles. The van der Waals surface area contributed by atoms with Gasteiger partial charge in [0.1, 0.15) is 5.76 Å². The van der Waals surface area contributed by atoms with Gasteiger partial charge in [-0.2, -0.15) is 0 Å². The summed E-state index contributed by atoms with van der Waals surface area (Å²) in [6.07, 6.45) is 2.03. The molecule has 1 N–H and O–H groups in total. The molecule has 0 aliphatic carbocycles. The summed E-state index contributed by atoms with van der Waals surface area (Å²) in [5.41, 5.74) is 0. The fourth-order valence-corrected chi connectivity index (χ4v) is 1.98. The van der Waals surface area contributed by atoms with Crippen molar-refractivity contribution >= 4 is 5.91 Å². The number of carbonyl (C=O) groups is 1. The predicted molar refractivity (Wildman–Crippen MR) is 59.2 cm³/mol. The minimum atomic E-state index is -0.390. The lowest BCUT2D eigenvalue weighted by atomic mass is 10.1. The van der Waals surface area contributed by atoms with Crippen LogP contribution in [0, 0.1) is 0 Å². The fraction of sp³-hybridized carbons (Fsp3) is 0.583. The summed E-state index contributed by atoms with van der Waals surface area (Å²) in [5.74, 6) is 1.09. The van der Waals surface area contributed by atoms with Crippen LogP contribution in [0.4, 0.5) is 0 Å². The molecule has 1 aliphatic rings. The molecule has 1 fully saturated rings. The van der Waals surface area contributed by atoms with Crippen molar-refractivity contribution < 1.29 is 14.3 Å². The first-order valence-electron chi connectivity index (χ1n) is 5.76. The zero-order valence-electron chi connectivity index (χ0n) is 9.48. The van der Waals surface area contributed by atoms with Gasteiger partial charge in [-0.05, 0) is 25.0 Å². The zero-order chi connectivity index (χ0) is 11.5. The van der Waals surface area contributed by atoms with Crippen LogP contribution in [0.15, 0.2) is 16.5 Å². The Labute approximate surface area is 94.9 Å². The largest absolute Gasteiger partial charge is 0.456 e. The molecule has 1 unspecified atom stereocenters. The Hall–Kier alpha value is -1.29. The van der Waals surface area contributed by atoms with E-state index in [1.807, 2.05) is 13.0 Å². The van der Waals surface area contributed by atoms with Crippen molar-refractivity contribution in [2.24, 2.45) is 0 Å². The number of furan rings is 1. The van der Waals surface area contributed by atoms with E-state index in [4.69, 9.17) is 4.42 Å². The summed E-state index contributed by atoms with van der Waals surface area (Å²) in [4.78, 5) is 13.7. The van der Waals surface area contributed by atoms with Crippen molar-refractivity contribution in [1.29, 1.82) is 0 Å². The van der Waals surface area contributed by atoms with E-state index in [-0.39, 0.29) is 5.91 Å². The third kappa shape index (κ3) is 2.27. The van der Waals surface area contributed by atoms with Gasteiger partial charge in [0.15, 0.2) is 5.76 Å². The lowest BCUT2D eigenvalue weighted by Crippen LogP contribution is -2.42. The number of amides is 1. The highest BCUT2D eigenvalue weighted by molar-refractivity contribution is 5.91. The SMILES string of the molecule is CCc1ccc(C(=O)N2CCCC(O)C2)o1.